The van der Waals surface area contributed by atoms with E-state index in [2.05, 4.69) is 21.3 Å². The molecule has 2 aliphatic rings. The number of rotatable bonds is 4. The van der Waals surface area contributed by atoms with E-state index in [9.17, 15) is 19.2 Å². The summed E-state index contributed by atoms with van der Waals surface area (Å²) in [5.41, 5.74) is 0.450. The van der Waals surface area contributed by atoms with Gasteiger partial charge in [-0.15, -0.1) is 0 Å². The summed E-state index contributed by atoms with van der Waals surface area (Å²) < 4.78 is 16.7. The second-order valence-corrected chi connectivity index (χ2v) is 11.1. The summed E-state index contributed by atoms with van der Waals surface area (Å²) in [6, 6.07) is 5.12. The Balaban J connectivity index is 1.74. The lowest BCUT2D eigenvalue weighted by atomic mass is 9.85. The Morgan fingerprint density at radius 2 is 2.00 bits per heavy atom. The number of amides is 2. The molecule has 2 aromatic rings. The molecule has 4 rings (SSSR count). The largest absolute Gasteiger partial charge is 0.338 e. The van der Waals surface area contributed by atoms with Crippen molar-refractivity contribution in [2.45, 2.75) is 65.2 Å². The zero-order valence-electron chi connectivity index (χ0n) is 21.1. The number of nitriles is 1. The molecule has 0 bridgehead atoms. The Morgan fingerprint density at radius 3 is 2.69 bits per heavy atom. The Bertz CT molecular complexity index is 1210. The summed E-state index contributed by atoms with van der Waals surface area (Å²) in [4.78, 5) is 35.5. The molecule has 2 aliphatic heterocycles. The molecule has 0 radical (unpaired) electrons. The zero-order chi connectivity index (χ0) is 26.2. The summed E-state index contributed by atoms with van der Waals surface area (Å²) in [7, 11) is 1.96. The molecule has 1 saturated heterocycles. The SMILES string of the molecule is CN1CCCn2c(-c3cc(Cl)ccc3F)nc(C(=O)N[C@H](C(=O)N3CCC[C@H]3C#N)C(C)(C)C)c2C1. The summed E-state index contributed by atoms with van der Waals surface area (Å²) in [6.45, 7) is 7.95. The fourth-order valence-electron chi connectivity index (χ4n) is 4.96. The topological polar surface area (TPSA) is 94.3 Å². The first kappa shape index (κ1) is 26.1. The van der Waals surface area contributed by atoms with Gasteiger partial charge in [-0.2, -0.15) is 5.26 Å². The molecule has 0 unspecified atom stereocenters. The van der Waals surface area contributed by atoms with Gasteiger partial charge in [0.1, 0.15) is 23.7 Å². The first-order chi connectivity index (χ1) is 17.0. The van der Waals surface area contributed by atoms with E-state index in [4.69, 9.17) is 11.6 Å². The lowest BCUT2D eigenvalue weighted by molar-refractivity contribution is -0.135. The number of nitrogens with zero attached hydrogens (tertiary/aromatic N) is 5. The summed E-state index contributed by atoms with van der Waals surface area (Å²) >= 11 is 6.16. The molecule has 0 spiro atoms. The number of hydrogen-bond donors (Lipinski definition) is 1. The Hall–Kier alpha value is -2.96. The van der Waals surface area contributed by atoms with Crippen molar-refractivity contribution < 1.29 is 14.0 Å². The van der Waals surface area contributed by atoms with Crippen LogP contribution >= 0.6 is 11.6 Å². The van der Waals surface area contributed by atoms with Gasteiger partial charge in [0.25, 0.3) is 5.91 Å². The summed E-state index contributed by atoms with van der Waals surface area (Å²) in [6.07, 6.45) is 2.19. The van der Waals surface area contributed by atoms with E-state index >= 15 is 0 Å². The lowest BCUT2D eigenvalue weighted by Crippen LogP contribution is -2.55. The predicted molar refractivity (Wildman–Crippen MR) is 135 cm³/mol. The van der Waals surface area contributed by atoms with Gasteiger partial charge < -0.3 is 19.7 Å². The van der Waals surface area contributed by atoms with Gasteiger partial charge in [0.05, 0.1) is 17.3 Å². The van der Waals surface area contributed by atoms with Crippen LogP contribution in [-0.4, -0.2) is 63.4 Å². The number of benzene rings is 1. The molecule has 10 heteroatoms. The second kappa shape index (κ2) is 10.2. The molecule has 192 valence electrons. The first-order valence-electron chi connectivity index (χ1n) is 12.3. The molecule has 36 heavy (non-hydrogen) atoms. The third-order valence-corrected chi connectivity index (χ3v) is 7.11. The van der Waals surface area contributed by atoms with E-state index in [1.807, 2.05) is 32.4 Å². The predicted octanol–water partition coefficient (Wildman–Crippen LogP) is 3.84. The molecule has 1 aromatic heterocycles. The molecular weight excluding hydrogens is 483 g/mol. The van der Waals surface area contributed by atoms with Crippen LogP contribution < -0.4 is 5.32 Å². The number of carbonyl (C=O) groups is 2. The van der Waals surface area contributed by atoms with E-state index < -0.39 is 29.2 Å². The van der Waals surface area contributed by atoms with E-state index in [1.165, 1.54) is 18.2 Å². The third kappa shape index (κ3) is 5.11. The van der Waals surface area contributed by atoms with Crippen LogP contribution in [0.15, 0.2) is 18.2 Å². The highest BCUT2D eigenvalue weighted by molar-refractivity contribution is 6.30. The van der Waals surface area contributed by atoms with E-state index in [0.717, 1.165) is 19.4 Å². The van der Waals surface area contributed by atoms with Gasteiger partial charge in [0.15, 0.2) is 5.69 Å². The van der Waals surface area contributed by atoms with Crippen molar-refractivity contribution in [3.8, 4) is 17.5 Å². The van der Waals surface area contributed by atoms with Crippen molar-refractivity contribution in [1.29, 1.82) is 5.26 Å². The van der Waals surface area contributed by atoms with E-state index in [1.54, 1.807) is 4.90 Å². The summed E-state index contributed by atoms with van der Waals surface area (Å²) in [5, 5.41) is 12.8. The molecule has 1 aromatic carbocycles. The van der Waals surface area contributed by atoms with Crippen molar-refractivity contribution in [2.24, 2.45) is 5.41 Å². The van der Waals surface area contributed by atoms with Gasteiger partial charge in [0.2, 0.25) is 5.91 Å². The molecule has 0 aliphatic carbocycles. The monoisotopic (exact) mass is 514 g/mol. The van der Waals surface area contributed by atoms with Gasteiger partial charge in [-0.1, -0.05) is 32.4 Å². The standard InChI is InChI=1S/C26H32ClFN6O2/c1-26(2,3)22(25(36)33-11-5-7-17(33)14-29)31-24(35)21-20-15-32(4)10-6-12-34(20)23(30-21)18-13-16(27)8-9-19(18)28/h8-9,13,17,22H,5-7,10-12,15H2,1-4H3,(H,31,35)/t17-,22+/m0/s1. The van der Waals surface area contributed by atoms with Crippen LogP contribution in [0.1, 0.15) is 56.2 Å². The highest BCUT2D eigenvalue weighted by Crippen LogP contribution is 2.31. The summed E-state index contributed by atoms with van der Waals surface area (Å²) in [5.74, 6) is -0.906. The lowest BCUT2D eigenvalue weighted by Gasteiger charge is -2.34. The normalized spacial score (nSPS) is 19.4. The smallest absolute Gasteiger partial charge is 0.272 e. The van der Waals surface area contributed by atoms with Crippen molar-refractivity contribution in [1.82, 2.24) is 24.7 Å². The maximum absolute atomic E-state index is 14.8. The van der Waals surface area contributed by atoms with Gasteiger partial charge in [0, 0.05) is 24.7 Å². The third-order valence-electron chi connectivity index (χ3n) is 6.87. The van der Waals surface area contributed by atoms with Crippen molar-refractivity contribution in [3.05, 3.63) is 40.4 Å². The zero-order valence-corrected chi connectivity index (χ0v) is 21.9. The van der Waals surface area contributed by atoms with Crippen LogP contribution in [0, 0.1) is 22.6 Å². The number of halogens is 2. The maximum Gasteiger partial charge on any atom is 0.272 e. The second-order valence-electron chi connectivity index (χ2n) is 10.7. The Kier molecular flexibility index (Phi) is 7.39. The molecule has 1 fully saturated rings. The number of hydrogen-bond acceptors (Lipinski definition) is 5. The van der Waals surface area contributed by atoms with Crippen LogP contribution in [0.2, 0.25) is 5.02 Å². The van der Waals surface area contributed by atoms with Gasteiger partial charge in [-0.25, -0.2) is 9.37 Å². The average molecular weight is 515 g/mol. The van der Waals surface area contributed by atoms with Gasteiger partial charge in [-0.3, -0.25) is 9.59 Å². The van der Waals surface area contributed by atoms with E-state index in [-0.39, 0.29) is 17.2 Å². The minimum absolute atomic E-state index is 0.165. The molecule has 1 N–H and O–H groups in total. The minimum Gasteiger partial charge on any atom is -0.338 e. The number of nitrogens with one attached hydrogen (secondary N) is 1. The molecular formula is C26H32ClFN6O2. The molecule has 2 amide bonds. The van der Waals surface area contributed by atoms with Crippen LogP contribution in [0.25, 0.3) is 11.4 Å². The molecule has 2 atom stereocenters. The fourth-order valence-corrected chi connectivity index (χ4v) is 5.13. The van der Waals surface area contributed by atoms with E-state index in [0.29, 0.717) is 42.6 Å². The number of carbonyl (C=O) groups excluding carboxylic acids is 2. The van der Waals surface area contributed by atoms with Crippen molar-refractivity contribution in [2.75, 3.05) is 20.1 Å². The van der Waals surface area contributed by atoms with Crippen LogP contribution in [-0.2, 0) is 17.9 Å². The minimum atomic E-state index is -0.855. The van der Waals surface area contributed by atoms with Crippen molar-refractivity contribution >= 4 is 23.4 Å². The quantitative estimate of drug-likeness (QED) is 0.669. The molecule has 3 heterocycles. The van der Waals surface area contributed by atoms with Crippen LogP contribution in [0.5, 0.6) is 0 Å². The number of likely N-dealkylation sites (tertiary alicyclic amines) is 1. The fraction of sp³-hybridized carbons (Fsp3) is 0.538. The van der Waals surface area contributed by atoms with Crippen molar-refractivity contribution in [3.63, 3.8) is 0 Å². The Morgan fingerprint density at radius 1 is 1.25 bits per heavy atom. The number of fused-ring (bicyclic) bond motifs is 1. The maximum atomic E-state index is 14.8. The number of aromatic nitrogens is 2. The van der Waals surface area contributed by atoms with Gasteiger partial charge in [-0.05, 0) is 56.5 Å². The Labute approximate surface area is 216 Å². The first-order valence-corrected chi connectivity index (χ1v) is 12.6. The highest BCUT2D eigenvalue weighted by Gasteiger charge is 2.40. The van der Waals surface area contributed by atoms with Gasteiger partial charge >= 0.3 is 0 Å². The van der Waals surface area contributed by atoms with Crippen LogP contribution in [0.3, 0.4) is 0 Å². The molecule has 8 nitrogen and oxygen atoms in total. The molecule has 0 saturated carbocycles. The van der Waals surface area contributed by atoms with Crippen LogP contribution in [0.4, 0.5) is 4.39 Å². The number of imidazole rings is 1. The average Bonchev–Trinajstić information content (AvgIpc) is 3.38. The highest BCUT2D eigenvalue weighted by atomic mass is 35.5.